The minimum atomic E-state index is -4.99. The fourth-order valence-electron chi connectivity index (χ4n) is 3.51. The maximum atomic E-state index is 14.5. The van der Waals surface area contributed by atoms with Gasteiger partial charge in [-0.3, -0.25) is 19.2 Å². The predicted molar refractivity (Wildman–Crippen MR) is 143 cm³/mol. The number of amides is 3. The molecule has 3 amide bonds. The molecule has 0 aliphatic heterocycles. The van der Waals surface area contributed by atoms with Crippen LogP contribution in [-0.2, 0) is 25.6 Å². The first kappa shape index (κ1) is 33.7. The smallest absolute Gasteiger partial charge is 0.344 e. The molecule has 3 N–H and O–H groups in total. The van der Waals surface area contributed by atoms with Crippen LogP contribution in [0, 0.1) is 5.92 Å². The number of carbonyl (C=O) groups is 4. The highest BCUT2D eigenvalue weighted by atomic mass is 35.5. The maximum absolute atomic E-state index is 14.5. The van der Waals surface area contributed by atoms with Crippen LogP contribution in [0.4, 0.5) is 22.0 Å². The zero-order valence-corrected chi connectivity index (χ0v) is 23.2. The fraction of sp³-hybridized carbons (Fsp3) is 0.333. The summed E-state index contributed by atoms with van der Waals surface area (Å²) in [6.07, 6.45) is -2.66. The third-order valence-corrected chi connectivity index (χ3v) is 5.96. The number of alkyl halides is 5. The zero-order valence-electron chi connectivity index (χ0n) is 21.7. The Morgan fingerprint density at radius 1 is 0.902 bits per heavy atom. The standard InChI is InChI=1S/C27H26Cl2F5N3O4/c1-15(2)22(23(39)27(33,34)25(41)35-14-26(30,31)32)37-24(40)20(12-16-6-4-3-5-7-16)36-21(38)9-8-17-10-18(28)13-19(29)11-17/h3-11,13,15,20,22H,12,14H2,1-2H3,(H,35,41)(H,36,38)(H,37,40). The molecule has 41 heavy (non-hydrogen) atoms. The van der Waals surface area contributed by atoms with Crippen molar-refractivity contribution < 1.29 is 41.1 Å². The van der Waals surface area contributed by atoms with E-state index in [0.717, 1.165) is 11.4 Å². The fourth-order valence-corrected chi connectivity index (χ4v) is 4.05. The molecular weight excluding hydrogens is 596 g/mol. The van der Waals surface area contributed by atoms with Crippen molar-refractivity contribution in [3.8, 4) is 0 Å². The number of Topliss-reactive ketones (excluding diaryl/α,β-unsaturated/α-hetero) is 1. The molecule has 0 saturated carbocycles. The summed E-state index contributed by atoms with van der Waals surface area (Å²) in [5, 5.41) is 6.16. The van der Waals surface area contributed by atoms with Crippen LogP contribution < -0.4 is 16.0 Å². The van der Waals surface area contributed by atoms with E-state index < -0.39 is 60.1 Å². The van der Waals surface area contributed by atoms with Gasteiger partial charge in [0.05, 0.1) is 6.04 Å². The lowest BCUT2D eigenvalue weighted by molar-refractivity contribution is -0.165. The quantitative estimate of drug-likeness (QED) is 0.181. The third kappa shape index (κ3) is 10.8. The summed E-state index contributed by atoms with van der Waals surface area (Å²) in [5.41, 5.74) is 1.04. The van der Waals surface area contributed by atoms with Crippen molar-refractivity contribution in [2.45, 2.75) is 44.5 Å². The number of hydrogen-bond donors (Lipinski definition) is 3. The monoisotopic (exact) mass is 621 g/mol. The summed E-state index contributed by atoms with van der Waals surface area (Å²) in [4.78, 5) is 50.2. The topological polar surface area (TPSA) is 104 Å². The molecule has 222 valence electrons. The molecule has 0 saturated heterocycles. The summed E-state index contributed by atoms with van der Waals surface area (Å²) in [6.45, 7) is 0.500. The lowest BCUT2D eigenvalue weighted by Crippen LogP contribution is -2.59. The van der Waals surface area contributed by atoms with E-state index in [-0.39, 0.29) is 6.42 Å². The van der Waals surface area contributed by atoms with Crippen molar-refractivity contribution in [3.05, 3.63) is 75.8 Å². The number of benzene rings is 2. The Balaban J connectivity index is 2.25. The van der Waals surface area contributed by atoms with E-state index in [1.165, 1.54) is 38.1 Å². The largest absolute Gasteiger partial charge is 0.405 e. The Labute approximate surface area is 242 Å². The van der Waals surface area contributed by atoms with Crippen molar-refractivity contribution in [1.82, 2.24) is 16.0 Å². The van der Waals surface area contributed by atoms with Gasteiger partial charge in [0.1, 0.15) is 12.6 Å². The first-order valence-corrected chi connectivity index (χ1v) is 12.8. The second-order valence-electron chi connectivity index (χ2n) is 9.25. The molecule has 0 aliphatic rings. The molecule has 7 nitrogen and oxygen atoms in total. The van der Waals surface area contributed by atoms with E-state index in [2.05, 4.69) is 10.6 Å². The Morgan fingerprint density at radius 3 is 2.02 bits per heavy atom. The van der Waals surface area contributed by atoms with E-state index in [1.54, 1.807) is 30.3 Å². The van der Waals surface area contributed by atoms with Crippen molar-refractivity contribution in [3.63, 3.8) is 0 Å². The summed E-state index contributed by atoms with van der Waals surface area (Å²) in [5.74, 6) is -12.3. The third-order valence-electron chi connectivity index (χ3n) is 5.52. The molecule has 0 spiro atoms. The van der Waals surface area contributed by atoms with Gasteiger partial charge in [-0.25, -0.2) is 0 Å². The first-order valence-electron chi connectivity index (χ1n) is 12.1. The highest BCUT2D eigenvalue weighted by molar-refractivity contribution is 6.34. The maximum Gasteiger partial charge on any atom is 0.405 e. The SMILES string of the molecule is CC(C)C(NC(=O)C(Cc1ccccc1)NC(=O)C=Cc1cc(Cl)cc(Cl)c1)C(=O)C(F)(F)C(=O)NCC(F)(F)F. The number of nitrogens with one attached hydrogen (secondary N) is 3. The molecule has 14 heteroatoms. The van der Waals surface area contributed by atoms with Gasteiger partial charge < -0.3 is 16.0 Å². The lowest BCUT2D eigenvalue weighted by atomic mass is 9.94. The number of halogens is 7. The van der Waals surface area contributed by atoms with Crippen molar-refractivity contribution in [2.75, 3.05) is 6.54 Å². The summed E-state index contributed by atoms with van der Waals surface area (Å²) in [6, 6.07) is 9.48. The minimum absolute atomic E-state index is 0.114. The molecule has 0 fully saturated rings. The lowest BCUT2D eigenvalue weighted by Gasteiger charge is -2.27. The van der Waals surface area contributed by atoms with Gasteiger partial charge in [0.15, 0.2) is 0 Å². The zero-order chi connectivity index (χ0) is 31.0. The number of ketones is 1. The molecule has 0 aliphatic carbocycles. The molecule has 0 aromatic heterocycles. The molecule has 2 unspecified atom stereocenters. The van der Waals surface area contributed by atoms with Gasteiger partial charge in [-0.15, -0.1) is 0 Å². The van der Waals surface area contributed by atoms with E-state index in [4.69, 9.17) is 23.2 Å². The van der Waals surface area contributed by atoms with Crippen LogP contribution >= 0.6 is 23.2 Å². The van der Waals surface area contributed by atoms with E-state index in [9.17, 15) is 41.1 Å². The molecule has 2 aromatic rings. The van der Waals surface area contributed by atoms with Gasteiger partial charge in [-0.05, 0) is 41.3 Å². The van der Waals surface area contributed by atoms with Gasteiger partial charge in [0.2, 0.25) is 17.6 Å². The summed E-state index contributed by atoms with van der Waals surface area (Å²) in [7, 11) is 0. The van der Waals surface area contributed by atoms with E-state index in [0.29, 0.717) is 21.2 Å². The number of rotatable bonds is 12. The average molecular weight is 622 g/mol. The first-order chi connectivity index (χ1) is 19.0. The Morgan fingerprint density at radius 2 is 1.49 bits per heavy atom. The van der Waals surface area contributed by atoms with Crippen LogP contribution in [0.1, 0.15) is 25.0 Å². The average Bonchev–Trinajstić information content (AvgIpc) is 2.87. The van der Waals surface area contributed by atoms with Gasteiger partial charge >= 0.3 is 12.1 Å². The van der Waals surface area contributed by atoms with Crippen molar-refractivity contribution >= 4 is 52.8 Å². The van der Waals surface area contributed by atoms with Crippen molar-refractivity contribution in [1.29, 1.82) is 0 Å². The van der Waals surface area contributed by atoms with Gasteiger partial charge in [0, 0.05) is 22.5 Å². The van der Waals surface area contributed by atoms with Crippen LogP contribution in [0.15, 0.2) is 54.6 Å². The Kier molecular flexibility index (Phi) is 11.8. The van der Waals surface area contributed by atoms with Crippen LogP contribution in [0.2, 0.25) is 10.0 Å². The van der Waals surface area contributed by atoms with Crippen LogP contribution in [0.25, 0.3) is 6.08 Å². The highest BCUT2D eigenvalue weighted by Crippen LogP contribution is 2.22. The van der Waals surface area contributed by atoms with Gasteiger partial charge in [-0.1, -0.05) is 67.4 Å². The molecule has 2 atom stereocenters. The number of carbonyl (C=O) groups excluding carboxylic acids is 4. The molecule has 2 rings (SSSR count). The minimum Gasteiger partial charge on any atom is -0.344 e. The normalized spacial score (nSPS) is 13.5. The Hall–Kier alpha value is -3.51. The number of hydrogen-bond acceptors (Lipinski definition) is 4. The molecular formula is C27H26Cl2F5N3O4. The highest BCUT2D eigenvalue weighted by Gasteiger charge is 2.52. The van der Waals surface area contributed by atoms with Gasteiger partial charge in [0.25, 0.3) is 5.91 Å². The molecule has 0 radical (unpaired) electrons. The summed E-state index contributed by atoms with van der Waals surface area (Å²) < 4.78 is 66.2. The molecule has 0 bridgehead atoms. The molecule has 0 heterocycles. The summed E-state index contributed by atoms with van der Waals surface area (Å²) >= 11 is 11.9. The van der Waals surface area contributed by atoms with Crippen LogP contribution in [0.5, 0.6) is 0 Å². The second kappa shape index (κ2) is 14.4. The molecule has 2 aromatic carbocycles. The predicted octanol–water partition coefficient (Wildman–Crippen LogP) is 4.76. The van der Waals surface area contributed by atoms with Crippen LogP contribution in [0.3, 0.4) is 0 Å². The Bertz CT molecular complexity index is 1270. The second-order valence-corrected chi connectivity index (χ2v) is 10.1. The van der Waals surface area contributed by atoms with Gasteiger partial charge in [-0.2, -0.15) is 22.0 Å². The van der Waals surface area contributed by atoms with Crippen molar-refractivity contribution in [2.24, 2.45) is 5.92 Å². The van der Waals surface area contributed by atoms with E-state index >= 15 is 0 Å². The van der Waals surface area contributed by atoms with Crippen LogP contribution in [-0.4, -0.2) is 54.2 Å². The van der Waals surface area contributed by atoms with E-state index in [1.807, 2.05) is 0 Å².